The van der Waals surface area contributed by atoms with Gasteiger partial charge in [0.05, 0.1) is 0 Å². The van der Waals surface area contributed by atoms with Crippen molar-refractivity contribution < 1.29 is 33.6 Å². The SMILES string of the molecule is C.Cc1ccccc1C=O.Cc1ccccc1CN1CCC(c2ccc3c(c2)CN(C2CCC(=O)NC2=O)C3=O)CC1.Cl.O=C1CCC(N2Cc3cc(C4CCNCC4)ccc3C2=O)C(=O)N1. The van der Waals surface area contributed by atoms with E-state index in [-0.39, 0.29) is 68.1 Å². The second-order valence-electron chi connectivity index (χ2n) is 18.1. The second kappa shape index (κ2) is 22.6. The number of fused-ring (bicyclic) bond motifs is 2. The van der Waals surface area contributed by atoms with Gasteiger partial charge in [-0.15, -0.1) is 12.4 Å². The molecule has 0 radical (unpaired) electrons. The number of nitrogens with one attached hydrogen (secondary N) is 3. The standard InChI is InChI=1S/C26H29N3O3.C18H21N3O3.C8H8O.CH4.ClH/c1-17-4-2-3-5-20(17)15-28-12-10-18(11-13-28)19-6-7-22-21(14-19)16-29(26(22)32)23-8-9-24(30)27-25(23)31;22-16-4-3-15(17(23)20-16)21-10-13-9-12(1-2-14(13)18(21)24)11-5-7-19-8-6-11;1-7-4-2-3-5-8(7)6-9;;/h2-7,14,18,23H,8-13,15-16H2,1H3,(H,27,30,31);1-2,9,11,15,19H,3-8,10H2,(H,20,22,23);2-6H,1H3;1H4;1H. The first-order valence-electron chi connectivity index (χ1n) is 23.0. The lowest BCUT2D eigenvalue weighted by Crippen LogP contribution is -2.52. The Hall–Kier alpha value is -6.02. The van der Waals surface area contributed by atoms with Gasteiger partial charge in [-0.25, -0.2) is 0 Å². The van der Waals surface area contributed by atoms with E-state index in [1.165, 1.54) is 22.3 Å². The molecule has 6 aliphatic heterocycles. The predicted molar refractivity (Wildman–Crippen MR) is 259 cm³/mol. The fraction of sp³-hybridized carbons (Fsp3) is 0.415. The minimum atomic E-state index is -0.555. The Labute approximate surface area is 399 Å². The van der Waals surface area contributed by atoms with Gasteiger partial charge in [0.25, 0.3) is 11.8 Å². The van der Waals surface area contributed by atoms with Gasteiger partial charge in [0.15, 0.2) is 0 Å². The molecule has 2 atom stereocenters. The number of carbonyl (C=O) groups excluding carboxylic acids is 7. The van der Waals surface area contributed by atoms with Crippen LogP contribution in [0.2, 0.25) is 0 Å². The van der Waals surface area contributed by atoms with Crippen molar-refractivity contribution in [3.8, 4) is 0 Å². The molecule has 6 amide bonds. The molecule has 354 valence electrons. The highest BCUT2D eigenvalue weighted by Gasteiger charge is 2.41. The summed E-state index contributed by atoms with van der Waals surface area (Å²) in [5.41, 5.74) is 10.5. The van der Waals surface area contributed by atoms with E-state index in [0.717, 1.165) is 86.9 Å². The Kier molecular flexibility index (Phi) is 17.0. The van der Waals surface area contributed by atoms with Crippen molar-refractivity contribution in [3.05, 3.63) is 141 Å². The summed E-state index contributed by atoms with van der Waals surface area (Å²) in [6, 6.07) is 27.3. The van der Waals surface area contributed by atoms with Crippen molar-refractivity contribution in [1.29, 1.82) is 0 Å². The van der Waals surface area contributed by atoms with Crippen molar-refractivity contribution >= 4 is 54.1 Å². The smallest absolute Gasteiger partial charge is 0.255 e. The van der Waals surface area contributed by atoms with Gasteiger partial charge >= 0.3 is 0 Å². The van der Waals surface area contributed by atoms with Crippen LogP contribution in [0.3, 0.4) is 0 Å². The number of halogens is 1. The number of piperidine rings is 4. The number of hydrogen-bond donors (Lipinski definition) is 3. The van der Waals surface area contributed by atoms with E-state index in [4.69, 9.17) is 0 Å². The fourth-order valence-electron chi connectivity index (χ4n) is 10.0. The molecule has 2 unspecified atom stereocenters. The van der Waals surface area contributed by atoms with Crippen LogP contribution >= 0.6 is 12.4 Å². The lowest BCUT2D eigenvalue weighted by atomic mass is 9.87. The average Bonchev–Trinajstić information content (AvgIpc) is 3.82. The molecule has 0 bridgehead atoms. The maximum Gasteiger partial charge on any atom is 0.255 e. The van der Waals surface area contributed by atoms with Crippen LogP contribution in [-0.4, -0.2) is 94.7 Å². The molecule has 4 aromatic carbocycles. The van der Waals surface area contributed by atoms with Crippen LogP contribution in [0.1, 0.15) is 141 Å². The molecule has 14 heteroatoms. The first-order chi connectivity index (χ1) is 31.5. The Morgan fingerprint density at radius 1 is 0.597 bits per heavy atom. The number of carbonyl (C=O) groups is 7. The van der Waals surface area contributed by atoms with E-state index in [1.54, 1.807) is 9.80 Å². The minimum absolute atomic E-state index is 0. The summed E-state index contributed by atoms with van der Waals surface area (Å²) in [6.45, 7) is 10.2. The summed E-state index contributed by atoms with van der Waals surface area (Å²) >= 11 is 0. The molecule has 3 N–H and O–H groups in total. The van der Waals surface area contributed by atoms with Crippen LogP contribution in [0.4, 0.5) is 0 Å². The van der Waals surface area contributed by atoms with Gasteiger partial charge in [0, 0.05) is 49.2 Å². The molecule has 0 spiro atoms. The van der Waals surface area contributed by atoms with Gasteiger partial charge in [-0.2, -0.15) is 0 Å². The highest BCUT2D eigenvalue weighted by Crippen LogP contribution is 2.35. The number of nitrogens with zero attached hydrogens (tertiary/aromatic N) is 3. The van der Waals surface area contributed by atoms with E-state index in [2.05, 4.69) is 76.3 Å². The van der Waals surface area contributed by atoms with Gasteiger partial charge in [-0.3, -0.25) is 49.1 Å². The van der Waals surface area contributed by atoms with Crippen LogP contribution in [0, 0.1) is 13.8 Å². The first-order valence-corrected chi connectivity index (χ1v) is 23.0. The Morgan fingerprint density at radius 2 is 1.07 bits per heavy atom. The number of benzene rings is 4. The molecule has 4 saturated heterocycles. The van der Waals surface area contributed by atoms with Crippen LogP contribution in [0.15, 0.2) is 84.9 Å². The van der Waals surface area contributed by atoms with Gasteiger partial charge in [0.1, 0.15) is 18.4 Å². The van der Waals surface area contributed by atoms with Gasteiger partial charge < -0.3 is 15.1 Å². The zero-order valence-electron chi connectivity index (χ0n) is 37.7. The molecule has 0 aliphatic carbocycles. The highest BCUT2D eigenvalue weighted by atomic mass is 35.5. The van der Waals surface area contributed by atoms with Crippen molar-refractivity contribution in [3.63, 3.8) is 0 Å². The molecule has 4 fully saturated rings. The zero-order valence-corrected chi connectivity index (χ0v) is 38.5. The van der Waals surface area contributed by atoms with Crippen molar-refractivity contribution in [2.75, 3.05) is 26.2 Å². The first kappa shape index (κ1) is 50.4. The third-order valence-electron chi connectivity index (χ3n) is 13.9. The number of rotatable bonds is 7. The predicted octanol–water partition coefficient (Wildman–Crippen LogP) is 6.92. The molecule has 6 heterocycles. The number of amides is 6. The van der Waals surface area contributed by atoms with Gasteiger partial charge in [0.2, 0.25) is 23.6 Å². The summed E-state index contributed by atoms with van der Waals surface area (Å²) in [7, 11) is 0. The van der Waals surface area contributed by atoms with E-state index in [9.17, 15) is 33.6 Å². The number of hydrogen-bond acceptors (Lipinski definition) is 9. The molecule has 0 saturated carbocycles. The maximum atomic E-state index is 12.9. The Bertz CT molecular complexity index is 2500. The maximum absolute atomic E-state index is 12.9. The summed E-state index contributed by atoms with van der Waals surface area (Å²) in [6.07, 6.45) is 6.69. The lowest BCUT2D eigenvalue weighted by molar-refractivity contribution is -0.138. The van der Waals surface area contributed by atoms with Crippen LogP contribution in [0.25, 0.3) is 0 Å². The van der Waals surface area contributed by atoms with Crippen LogP contribution < -0.4 is 16.0 Å². The van der Waals surface area contributed by atoms with Gasteiger partial charge in [-0.1, -0.05) is 80.2 Å². The average molecular weight is 932 g/mol. The fourth-order valence-corrected chi connectivity index (χ4v) is 10.0. The molecule has 0 aromatic heterocycles. The van der Waals surface area contributed by atoms with Gasteiger partial charge in [-0.05, 0) is 141 Å². The normalized spacial score (nSPS) is 20.7. The van der Waals surface area contributed by atoms with E-state index in [0.29, 0.717) is 48.9 Å². The Morgan fingerprint density at radius 3 is 1.54 bits per heavy atom. The summed E-state index contributed by atoms with van der Waals surface area (Å²) < 4.78 is 0. The van der Waals surface area contributed by atoms with E-state index >= 15 is 0 Å². The largest absolute Gasteiger partial charge is 0.322 e. The molecule has 67 heavy (non-hydrogen) atoms. The van der Waals surface area contributed by atoms with Crippen LogP contribution in [-0.2, 0) is 38.8 Å². The highest BCUT2D eigenvalue weighted by molar-refractivity contribution is 6.06. The monoisotopic (exact) mass is 930 g/mol. The van der Waals surface area contributed by atoms with E-state index in [1.807, 2.05) is 43.3 Å². The lowest BCUT2D eigenvalue weighted by Gasteiger charge is -2.32. The molecule has 13 nitrogen and oxygen atoms in total. The third kappa shape index (κ3) is 11.6. The number of aryl methyl sites for hydroxylation is 2. The molecule has 4 aromatic rings. The number of likely N-dealkylation sites (tertiary alicyclic amines) is 1. The number of imide groups is 2. The third-order valence-corrected chi connectivity index (χ3v) is 13.9. The van der Waals surface area contributed by atoms with E-state index < -0.39 is 12.1 Å². The van der Waals surface area contributed by atoms with Crippen molar-refractivity contribution in [2.45, 2.75) is 116 Å². The summed E-state index contributed by atoms with van der Waals surface area (Å²) in [5, 5.41) is 8.07. The Balaban J connectivity index is 0.000000186. The van der Waals surface area contributed by atoms with Crippen molar-refractivity contribution in [1.82, 2.24) is 30.7 Å². The van der Waals surface area contributed by atoms with Crippen molar-refractivity contribution in [2.24, 2.45) is 0 Å². The zero-order chi connectivity index (χ0) is 45.6. The summed E-state index contributed by atoms with van der Waals surface area (Å²) in [5.74, 6) is -0.398. The quantitative estimate of drug-likeness (QED) is 0.132. The molecule has 6 aliphatic rings. The molecule has 10 rings (SSSR count). The number of aldehydes is 1. The second-order valence-corrected chi connectivity index (χ2v) is 18.1. The topological polar surface area (TPSA) is 165 Å². The van der Waals surface area contributed by atoms with Crippen LogP contribution in [0.5, 0.6) is 0 Å². The molecular formula is C53H63ClN6O7. The summed E-state index contributed by atoms with van der Waals surface area (Å²) in [4.78, 5) is 88.7. The molecular weight excluding hydrogens is 868 g/mol. The minimum Gasteiger partial charge on any atom is -0.322 e.